The number of β-amino-alcohol motifs (C(OH)–C–C–N with tert-alkyl or cyclic N) is 1. The molecule has 1 unspecified atom stereocenters. The number of hydrogen-bond acceptors (Lipinski definition) is 6. The molecular weight excluding hydrogens is 346 g/mol. The number of non-ortho nitro benzene ring substituents is 1. The van der Waals surface area contributed by atoms with Gasteiger partial charge in [-0.15, -0.1) is 0 Å². The number of nitro groups is 1. The lowest BCUT2D eigenvalue weighted by molar-refractivity contribution is -0.384. The summed E-state index contributed by atoms with van der Waals surface area (Å²) in [5.74, 6) is 0.518. The molecule has 0 amide bonds. The number of hydrogen-bond donors (Lipinski definition) is 1. The monoisotopic (exact) mass is 371 g/mol. The first-order valence-electron chi connectivity index (χ1n) is 9.11. The highest BCUT2D eigenvalue weighted by Gasteiger charge is 2.20. The highest BCUT2D eigenvalue weighted by Crippen LogP contribution is 2.21. The Morgan fingerprint density at radius 1 is 1.11 bits per heavy atom. The van der Waals surface area contributed by atoms with E-state index >= 15 is 0 Å². The van der Waals surface area contributed by atoms with Gasteiger partial charge in [-0.25, -0.2) is 0 Å². The zero-order valence-corrected chi connectivity index (χ0v) is 15.5. The number of nitro benzene ring substituents is 1. The zero-order chi connectivity index (χ0) is 19.2. The van der Waals surface area contributed by atoms with E-state index in [2.05, 4.69) is 41.0 Å². The van der Waals surface area contributed by atoms with E-state index in [0.717, 1.165) is 26.2 Å². The number of anilines is 1. The third-order valence-corrected chi connectivity index (χ3v) is 4.79. The summed E-state index contributed by atoms with van der Waals surface area (Å²) in [6, 6.07) is 14.3. The van der Waals surface area contributed by atoms with Gasteiger partial charge in [-0.1, -0.05) is 18.2 Å². The number of aryl methyl sites for hydroxylation is 1. The van der Waals surface area contributed by atoms with Crippen LogP contribution in [0.1, 0.15) is 5.56 Å². The van der Waals surface area contributed by atoms with E-state index in [1.807, 2.05) is 0 Å². The molecule has 1 saturated heterocycles. The van der Waals surface area contributed by atoms with Gasteiger partial charge >= 0.3 is 0 Å². The molecule has 0 spiro atoms. The van der Waals surface area contributed by atoms with Crippen molar-refractivity contribution in [3.8, 4) is 5.75 Å². The van der Waals surface area contributed by atoms with Crippen molar-refractivity contribution in [2.45, 2.75) is 13.0 Å². The Bertz CT molecular complexity index is 758. The maximum absolute atomic E-state index is 10.6. The highest BCUT2D eigenvalue weighted by molar-refractivity contribution is 5.53. The molecular formula is C20H25N3O4. The SMILES string of the molecule is Cc1ccccc1N1CCN(CC(O)COc2ccc([N+](=O)[O-])cc2)CC1. The first kappa shape index (κ1) is 19.1. The van der Waals surface area contributed by atoms with Gasteiger partial charge in [0, 0.05) is 50.5 Å². The van der Waals surface area contributed by atoms with E-state index in [-0.39, 0.29) is 12.3 Å². The van der Waals surface area contributed by atoms with Gasteiger partial charge in [0.05, 0.1) is 4.92 Å². The Hall–Kier alpha value is -2.64. The summed E-state index contributed by atoms with van der Waals surface area (Å²) in [4.78, 5) is 14.8. The van der Waals surface area contributed by atoms with Gasteiger partial charge in [0.15, 0.2) is 0 Å². The number of benzene rings is 2. The molecule has 1 heterocycles. The van der Waals surface area contributed by atoms with Gasteiger partial charge in [-0.05, 0) is 30.7 Å². The number of para-hydroxylation sites is 1. The van der Waals surface area contributed by atoms with Crippen molar-refractivity contribution >= 4 is 11.4 Å². The fourth-order valence-electron chi connectivity index (χ4n) is 3.30. The minimum Gasteiger partial charge on any atom is -0.491 e. The normalized spacial score (nSPS) is 16.1. The molecule has 0 radical (unpaired) electrons. The van der Waals surface area contributed by atoms with Gasteiger partial charge in [-0.3, -0.25) is 15.0 Å². The van der Waals surface area contributed by atoms with Gasteiger partial charge in [0.25, 0.3) is 5.69 Å². The van der Waals surface area contributed by atoms with Crippen molar-refractivity contribution in [3.63, 3.8) is 0 Å². The zero-order valence-electron chi connectivity index (χ0n) is 15.5. The Morgan fingerprint density at radius 3 is 2.41 bits per heavy atom. The fourth-order valence-corrected chi connectivity index (χ4v) is 3.30. The molecule has 3 rings (SSSR count). The Kier molecular flexibility index (Phi) is 6.26. The maximum atomic E-state index is 10.6. The van der Waals surface area contributed by atoms with Crippen LogP contribution in [-0.4, -0.2) is 60.4 Å². The standard InChI is InChI=1S/C20H25N3O4/c1-16-4-2-3-5-20(16)22-12-10-21(11-13-22)14-18(24)15-27-19-8-6-17(7-9-19)23(25)26/h2-9,18,24H,10-15H2,1H3. The number of ether oxygens (including phenoxy) is 1. The average molecular weight is 371 g/mol. The van der Waals surface area contributed by atoms with Crippen LogP contribution in [0.25, 0.3) is 0 Å². The minimum absolute atomic E-state index is 0.0226. The molecule has 1 fully saturated rings. The van der Waals surface area contributed by atoms with Crippen molar-refractivity contribution in [2.75, 3.05) is 44.2 Å². The molecule has 0 bridgehead atoms. The topological polar surface area (TPSA) is 79.1 Å². The lowest BCUT2D eigenvalue weighted by Crippen LogP contribution is -2.49. The number of aliphatic hydroxyl groups is 1. The van der Waals surface area contributed by atoms with E-state index in [9.17, 15) is 15.2 Å². The average Bonchev–Trinajstić information content (AvgIpc) is 2.68. The summed E-state index contributed by atoms with van der Waals surface area (Å²) < 4.78 is 5.54. The van der Waals surface area contributed by atoms with Crippen LogP contribution in [0.2, 0.25) is 0 Å². The molecule has 7 heteroatoms. The van der Waals surface area contributed by atoms with Crippen LogP contribution in [0.5, 0.6) is 5.75 Å². The molecule has 144 valence electrons. The van der Waals surface area contributed by atoms with Crippen molar-refractivity contribution in [1.29, 1.82) is 0 Å². The van der Waals surface area contributed by atoms with Crippen molar-refractivity contribution in [2.24, 2.45) is 0 Å². The number of rotatable bonds is 7. The fraction of sp³-hybridized carbons (Fsp3) is 0.400. The Balaban J connectivity index is 1.42. The van der Waals surface area contributed by atoms with Crippen LogP contribution < -0.4 is 9.64 Å². The van der Waals surface area contributed by atoms with Crippen LogP contribution in [0.15, 0.2) is 48.5 Å². The van der Waals surface area contributed by atoms with E-state index < -0.39 is 11.0 Å². The van der Waals surface area contributed by atoms with Crippen LogP contribution in [-0.2, 0) is 0 Å². The molecule has 0 aromatic heterocycles. The Labute approximate surface area is 158 Å². The van der Waals surface area contributed by atoms with Crippen molar-refractivity contribution < 1.29 is 14.8 Å². The van der Waals surface area contributed by atoms with Crippen LogP contribution in [0.4, 0.5) is 11.4 Å². The highest BCUT2D eigenvalue weighted by atomic mass is 16.6. The molecule has 0 saturated carbocycles. The van der Waals surface area contributed by atoms with E-state index in [1.54, 1.807) is 12.1 Å². The summed E-state index contributed by atoms with van der Waals surface area (Å²) in [6.07, 6.45) is -0.606. The second-order valence-electron chi connectivity index (χ2n) is 6.79. The quantitative estimate of drug-likeness (QED) is 0.595. The predicted octanol–water partition coefficient (Wildman–Crippen LogP) is 2.47. The molecule has 1 N–H and O–H groups in total. The molecule has 2 aromatic rings. The van der Waals surface area contributed by atoms with Gasteiger partial charge in [0.2, 0.25) is 0 Å². The number of nitrogens with zero attached hydrogens (tertiary/aromatic N) is 3. The maximum Gasteiger partial charge on any atom is 0.269 e. The van der Waals surface area contributed by atoms with Gasteiger partial charge in [-0.2, -0.15) is 0 Å². The summed E-state index contributed by atoms with van der Waals surface area (Å²) in [6.45, 7) is 6.48. The minimum atomic E-state index is -0.606. The second kappa shape index (κ2) is 8.83. The summed E-state index contributed by atoms with van der Waals surface area (Å²) in [7, 11) is 0. The van der Waals surface area contributed by atoms with E-state index in [1.165, 1.54) is 23.4 Å². The Morgan fingerprint density at radius 2 is 1.78 bits per heavy atom. The third-order valence-electron chi connectivity index (χ3n) is 4.79. The molecule has 0 aliphatic carbocycles. The van der Waals surface area contributed by atoms with E-state index in [4.69, 9.17) is 4.74 Å². The lowest BCUT2D eigenvalue weighted by Gasteiger charge is -2.37. The first-order chi connectivity index (χ1) is 13.0. The molecule has 2 aromatic carbocycles. The molecule has 27 heavy (non-hydrogen) atoms. The van der Waals surface area contributed by atoms with E-state index in [0.29, 0.717) is 12.3 Å². The van der Waals surface area contributed by atoms with Gasteiger partial charge in [0.1, 0.15) is 18.5 Å². The molecule has 7 nitrogen and oxygen atoms in total. The molecule has 1 atom stereocenters. The van der Waals surface area contributed by atoms with Crippen LogP contribution >= 0.6 is 0 Å². The summed E-state index contributed by atoms with van der Waals surface area (Å²) in [5, 5.41) is 20.9. The number of aliphatic hydroxyl groups excluding tert-OH is 1. The van der Waals surface area contributed by atoms with Crippen molar-refractivity contribution in [1.82, 2.24) is 4.90 Å². The van der Waals surface area contributed by atoms with Crippen LogP contribution in [0, 0.1) is 17.0 Å². The largest absolute Gasteiger partial charge is 0.491 e. The molecule has 1 aliphatic rings. The number of piperazine rings is 1. The first-order valence-corrected chi connectivity index (χ1v) is 9.11. The second-order valence-corrected chi connectivity index (χ2v) is 6.79. The summed E-state index contributed by atoms with van der Waals surface area (Å²) >= 11 is 0. The smallest absolute Gasteiger partial charge is 0.269 e. The lowest BCUT2D eigenvalue weighted by atomic mass is 10.1. The van der Waals surface area contributed by atoms with Crippen molar-refractivity contribution in [3.05, 3.63) is 64.2 Å². The predicted molar refractivity (Wildman–Crippen MR) is 104 cm³/mol. The van der Waals surface area contributed by atoms with Gasteiger partial charge < -0.3 is 14.7 Å². The summed E-state index contributed by atoms with van der Waals surface area (Å²) in [5.41, 5.74) is 2.58. The molecule has 1 aliphatic heterocycles. The third kappa shape index (κ3) is 5.18. The van der Waals surface area contributed by atoms with Crippen LogP contribution in [0.3, 0.4) is 0 Å².